The molecule has 0 bridgehead atoms. The minimum Gasteiger partial charge on any atom is -0.396 e. The molecule has 2 N–H and O–H groups in total. The van der Waals surface area contributed by atoms with Gasteiger partial charge in [0.2, 0.25) is 0 Å². The van der Waals surface area contributed by atoms with Crippen LogP contribution in [0.25, 0.3) is 0 Å². The van der Waals surface area contributed by atoms with Crippen molar-refractivity contribution in [2.24, 2.45) is 5.92 Å². The number of thiophene rings is 1. The van der Waals surface area contributed by atoms with Gasteiger partial charge in [0.25, 0.3) is 0 Å². The van der Waals surface area contributed by atoms with Crippen LogP contribution in [0.1, 0.15) is 44.2 Å². The molecular weight excluding hydrogens is 218 g/mol. The molecule has 0 saturated heterocycles. The van der Waals surface area contributed by atoms with Gasteiger partial charge in [0.15, 0.2) is 0 Å². The Morgan fingerprint density at radius 3 is 3.00 bits per heavy atom. The van der Waals surface area contributed by atoms with Crippen molar-refractivity contribution in [1.82, 2.24) is 5.32 Å². The molecule has 3 unspecified atom stereocenters. The zero-order valence-corrected chi connectivity index (χ0v) is 10.7. The maximum Gasteiger partial charge on any atom is 0.0474 e. The highest BCUT2D eigenvalue weighted by molar-refractivity contribution is 7.07. The van der Waals surface area contributed by atoms with Crippen LogP contribution in [0.2, 0.25) is 0 Å². The predicted molar refractivity (Wildman–Crippen MR) is 68.7 cm³/mol. The molecule has 16 heavy (non-hydrogen) atoms. The maximum absolute atomic E-state index is 9.37. The van der Waals surface area contributed by atoms with Crippen LogP contribution in [-0.4, -0.2) is 17.8 Å². The molecule has 1 heterocycles. The molecule has 1 aliphatic rings. The zero-order valence-electron chi connectivity index (χ0n) is 9.86. The van der Waals surface area contributed by atoms with E-state index in [1.807, 2.05) is 0 Å². The molecule has 1 aliphatic carbocycles. The van der Waals surface area contributed by atoms with Crippen molar-refractivity contribution < 1.29 is 5.11 Å². The van der Waals surface area contributed by atoms with Gasteiger partial charge in [-0.1, -0.05) is 12.8 Å². The molecule has 1 fully saturated rings. The summed E-state index contributed by atoms with van der Waals surface area (Å²) in [6.45, 7) is 2.54. The smallest absolute Gasteiger partial charge is 0.0474 e. The van der Waals surface area contributed by atoms with Crippen molar-refractivity contribution >= 4 is 11.3 Å². The number of hydrogen-bond acceptors (Lipinski definition) is 3. The summed E-state index contributed by atoms with van der Waals surface area (Å²) in [5.74, 6) is 0.454. The molecule has 1 aromatic rings. The lowest BCUT2D eigenvalue weighted by Crippen LogP contribution is -2.41. The summed E-state index contributed by atoms with van der Waals surface area (Å²) >= 11 is 1.75. The van der Waals surface area contributed by atoms with E-state index in [2.05, 4.69) is 29.1 Å². The average Bonchev–Trinajstić information content (AvgIpc) is 2.83. The number of aliphatic hydroxyl groups excluding tert-OH is 1. The van der Waals surface area contributed by atoms with Crippen LogP contribution in [0.15, 0.2) is 16.8 Å². The molecule has 0 radical (unpaired) electrons. The van der Waals surface area contributed by atoms with Crippen molar-refractivity contribution in [3.8, 4) is 0 Å². The number of aliphatic hydroxyl groups is 1. The molecule has 3 heteroatoms. The molecule has 90 valence electrons. The van der Waals surface area contributed by atoms with Crippen molar-refractivity contribution in [2.45, 2.75) is 44.7 Å². The van der Waals surface area contributed by atoms with E-state index in [0.717, 1.165) is 0 Å². The highest BCUT2D eigenvalue weighted by Crippen LogP contribution is 2.26. The lowest BCUT2D eigenvalue weighted by atomic mass is 9.84. The third-order valence-corrected chi connectivity index (χ3v) is 4.35. The first-order valence-corrected chi connectivity index (χ1v) is 7.14. The summed E-state index contributed by atoms with van der Waals surface area (Å²) in [6, 6.07) is 3.08. The Balaban J connectivity index is 1.92. The van der Waals surface area contributed by atoms with Crippen LogP contribution in [0.4, 0.5) is 0 Å². The average molecular weight is 239 g/mol. The number of hydrogen-bond donors (Lipinski definition) is 2. The maximum atomic E-state index is 9.37. The van der Waals surface area contributed by atoms with Gasteiger partial charge in [0, 0.05) is 18.7 Å². The molecule has 0 spiro atoms. The Bertz CT molecular complexity index is 299. The SMILES string of the molecule is CC(NC1CCCCC1CO)c1ccsc1. The minimum absolute atomic E-state index is 0.327. The van der Waals surface area contributed by atoms with E-state index in [-0.39, 0.29) is 0 Å². The normalized spacial score (nSPS) is 27.9. The van der Waals surface area contributed by atoms with Gasteiger partial charge in [0.1, 0.15) is 0 Å². The van der Waals surface area contributed by atoms with E-state index in [1.54, 1.807) is 11.3 Å². The van der Waals surface area contributed by atoms with E-state index in [4.69, 9.17) is 0 Å². The second kappa shape index (κ2) is 5.80. The summed E-state index contributed by atoms with van der Waals surface area (Å²) in [5.41, 5.74) is 1.37. The molecule has 0 aliphatic heterocycles. The van der Waals surface area contributed by atoms with E-state index < -0.39 is 0 Å². The minimum atomic E-state index is 0.327. The molecule has 2 rings (SSSR count). The Morgan fingerprint density at radius 1 is 1.50 bits per heavy atom. The molecule has 1 saturated carbocycles. The molecule has 0 aromatic carbocycles. The lowest BCUT2D eigenvalue weighted by Gasteiger charge is -2.33. The van der Waals surface area contributed by atoms with Gasteiger partial charge in [-0.25, -0.2) is 0 Å². The van der Waals surface area contributed by atoms with E-state index >= 15 is 0 Å². The Kier molecular flexibility index (Phi) is 4.38. The third-order valence-electron chi connectivity index (χ3n) is 3.65. The van der Waals surface area contributed by atoms with Gasteiger partial charge in [-0.15, -0.1) is 0 Å². The second-order valence-electron chi connectivity index (χ2n) is 4.78. The molecule has 2 nitrogen and oxygen atoms in total. The Labute approximate surface area is 102 Å². The summed E-state index contributed by atoms with van der Waals surface area (Å²) in [5, 5.41) is 17.4. The summed E-state index contributed by atoms with van der Waals surface area (Å²) in [7, 11) is 0. The van der Waals surface area contributed by atoms with Gasteiger partial charge >= 0.3 is 0 Å². The van der Waals surface area contributed by atoms with Crippen LogP contribution in [-0.2, 0) is 0 Å². The van der Waals surface area contributed by atoms with Crippen molar-refractivity contribution in [3.63, 3.8) is 0 Å². The molecule has 1 aromatic heterocycles. The first kappa shape index (κ1) is 12.1. The second-order valence-corrected chi connectivity index (χ2v) is 5.56. The summed E-state index contributed by atoms with van der Waals surface area (Å²) in [6.07, 6.45) is 4.95. The molecule has 3 atom stereocenters. The van der Waals surface area contributed by atoms with Crippen molar-refractivity contribution in [2.75, 3.05) is 6.61 Å². The standard InChI is InChI=1S/C13H21NOS/c1-10(12-6-7-16-9-12)14-13-5-3-2-4-11(13)8-15/h6-7,9-11,13-15H,2-5,8H2,1H3. The highest BCUT2D eigenvalue weighted by atomic mass is 32.1. The van der Waals surface area contributed by atoms with Gasteiger partial charge in [-0.05, 0) is 48.1 Å². The monoisotopic (exact) mass is 239 g/mol. The van der Waals surface area contributed by atoms with Gasteiger partial charge in [-0.2, -0.15) is 11.3 Å². The first-order valence-electron chi connectivity index (χ1n) is 6.20. The van der Waals surface area contributed by atoms with Crippen LogP contribution >= 0.6 is 11.3 Å². The zero-order chi connectivity index (χ0) is 11.4. The predicted octanol–water partition coefficient (Wildman–Crippen LogP) is 2.95. The van der Waals surface area contributed by atoms with E-state index in [1.165, 1.54) is 31.2 Å². The fourth-order valence-corrected chi connectivity index (χ4v) is 3.34. The largest absolute Gasteiger partial charge is 0.396 e. The van der Waals surface area contributed by atoms with Gasteiger partial charge in [-0.3, -0.25) is 0 Å². The topological polar surface area (TPSA) is 32.3 Å². The van der Waals surface area contributed by atoms with Crippen molar-refractivity contribution in [3.05, 3.63) is 22.4 Å². The number of nitrogens with one attached hydrogen (secondary N) is 1. The van der Waals surface area contributed by atoms with Crippen LogP contribution in [0.3, 0.4) is 0 Å². The summed E-state index contributed by atoms with van der Waals surface area (Å²) < 4.78 is 0. The van der Waals surface area contributed by atoms with Crippen LogP contribution < -0.4 is 5.32 Å². The van der Waals surface area contributed by atoms with Crippen LogP contribution in [0.5, 0.6) is 0 Å². The molecule has 0 amide bonds. The summed E-state index contributed by atoms with van der Waals surface area (Å²) in [4.78, 5) is 0. The first-order chi connectivity index (χ1) is 7.81. The number of rotatable bonds is 4. The van der Waals surface area contributed by atoms with Gasteiger partial charge in [0.05, 0.1) is 0 Å². The highest BCUT2D eigenvalue weighted by Gasteiger charge is 2.25. The lowest BCUT2D eigenvalue weighted by molar-refractivity contribution is 0.147. The van der Waals surface area contributed by atoms with Gasteiger partial charge < -0.3 is 10.4 Å². The fourth-order valence-electron chi connectivity index (χ4n) is 2.58. The quantitative estimate of drug-likeness (QED) is 0.846. The fraction of sp³-hybridized carbons (Fsp3) is 0.692. The van der Waals surface area contributed by atoms with E-state index in [0.29, 0.717) is 24.6 Å². The Hall–Kier alpha value is -0.380. The van der Waals surface area contributed by atoms with Crippen LogP contribution in [0, 0.1) is 5.92 Å². The molecular formula is C13H21NOS. The Morgan fingerprint density at radius 2 is 2.31 bits per heavy atom. The van der Waals surface area contributed by atoms with Crippen molar-refractivity contribution in [1.29, 1.82) is 0 Å². The van der Waals surface area contributed by atoms with E-state index in [9.17, 15) is 5.11 Å². The third kappa shape index (κ3) is 2.84.